The van der Waals surface area contributed by atoms with Crippen molar-refractivity contribution in [3.05, 3.63) is 0 Å². The molecule has 2 aliphatic carbocycles. The van der Waals surface area contributed by atoms with E-state index in [1.54, 1.807) is 0 Å². The first-order chi connectivity index (χ1) is 7.99. The molecule has 2 aliphatic rings. The normalized spacial score (nSPS) is 35.0. The molecule has 2 saturated carbocycles. The summed E-state index contributed by atoms with van der Waals surface area (Å²) in [5.41, 5.74) is 0. The molecule has 2 bridgehead atoms. The summed E-state index contributed by atoms with van der Waals surface area (Å²) in [5, 5.41) is 3.20. The van der Waals surface area contributed by atoms with Crippen LogP contribution in [0.15, 0.2) is 0 Å². The van der Waals surface area contributed by atoms with Crippen LogP contribution in [0.5, 0.6) is 0 Å². The number of amides is 1. The first-order valence-corrected chi connectivity index (χ1v) is 7.85. The second-order valence-corrected chi connectivity index (χ2v) is 7.27. The first kappa shape index (κ1) is 13.4. The predicted molar refractivity (Wildman–Crippen MR) is 74.1 cm³/mol. The highest BCUT2D eigenvalue weighted by Crippen LogP contribution is 2.49. The van der Waals surface area contributed by atoms with Crippen molar-refractivity contribution < 1.29 is 4.79 Å². The minimum absolute atomic E-state index is 0.0523. The summed E-state index contributed by atoms with van der Waals surface area (Å²) in [6.07, 6.45) is 5.56. The number of hydrogen-bond acceptors (Lipinski definition) is 1. The standard InChI is InChI=1S/C14H24BrNO/c1-8(2)13(15)14(17)16-9(3)12-7-10-4-5-11(12)6-10/h8-13H,4-7H2,1-3H3,(H,16,17). The number of alkyl halides is 1. The number of hydrogen-bond donors (Lipinski definition) is 1. The van der Waals surface area contributed by atoms with Crippen molar-refractivity contribution in [2.24, 2.45) is 23.7 Å². The highest BCUT2D eigenvalue weighted by Gasteiger charge is 2.42. The Morgan fingerprint density at radius 1 is 1.24 bits per heavy atom. The molecule has 0 saturated heterocycles. The van der Waals surface area contributed by atoms with Crippen LogP contribution in [0.4, 0.5) is 0 Å². The third kappa shape index (κ3) is 2.86. The molecule has 2 fully saturated rings. The topological polar surface area (TPSA) is 29.1 Å². The Balaban J connectivity index is 1.85. The van der Waals surface area contributed by atoms with E-state index in [1.807, 2.05) is 0 Å². The molecule has 5 atom stereocenters. The molecule has 0 heterocycles. The lowest BCUT2D eigenvalue weighted by Crippen LogP contribution is -2.44. The maximum absolute atomic E-state index is 12.0. The lowest BCUT2D eigenvalue weighted by Gasteiger charge is -2.29. The zero-order valence-corrected chi connectivity index (χ0v) is 12.7. The van der Waals surface area contributed by atoms with Crippen molar-refractivity contribution in [1.29, 1.82) is 0 Å². The van der Waals surface area contributed by atoms with Gasteiger partial charge in [0.2, 0.25) is 5.91 Å². The molecule has 2 nitrogen and oxygen atoms in total. The number of rotatable bonds is 4. The molecule has 0 aliphatic heterocycles. The van der Waals surface area contributed by atoms with Crippen LogP contribution in [-0.4, -0.2) is 16.8 Å². The van der Waals surface area contributed by atoms with Crippen molar-refractivity contribution in [2.75, 3.05) is 0 Å². The Bertz CT molecular complexity index is 292. The average molecular weight is 302 g/mol. The SMILES string of the molecule is CC(C)C(Br)C(=O)NC(C)C1CC2CCC1C2. The Hall–Kier alpha value is -0.0500. The number of carbonyl (C=O) groups excluding carboxylic acids is 1. The Labute approximate surface area is 113 Å². The van der Waals surface area contributed by atoms with Gasteiger partial charge in [0.1, 0.15) is 0 Å². The lowest BCUT2D eigenvalue weighted by atomic mass is 9.84. The van der Waals surface area contributed by atoms with Crippen LogP contribution in [0.25, 0.3) is 0 Å². The molecule has 0 aromatic carbocycles. The molecule has 98 valence electrons. The molecule has 0 spiro atoms. The molecule has 1 amide bonds. The minimum Gasteiger partial charge on any atom is -0.352 e. The quantitative estimate of drug-likeness (QED) is 0.793. The van der Waals surface area contributed by atoms with E-state index in [4.69, 9.17) is 0 Å². The van der Waals surface area contributed by atoms with Gasteiger partial charge in [-0.05, 0) is 49.9 Å². The summed E-state index contributed by atoms with van der Waals surface area (Å²) in [6.45, 7) is 6.33. The van der Waals surface area contributed by atoms with Crippen molar-refractivity contribution >= 4 is 21.8 Å². The van der Waals surface area contributed by atoms with Crippen LogP contribution in [0.2, 0.25) is 0 Å². The molecule has 1 N–H and O–H groups in total. The molecular formula is C14H24BrNO. The molecule has 17 heavy (non-hydrogen) atoms. The van der Waals surface area contributed by atoms with Gasteiger partial charge >= 0.3 is 0 Å². The summed E-state index contributed by atoms with van der Waals surface area (Å²) in [6, 6.07) is 0.344. The maximum Gasteiger partial charge on any atom is 0.234 e. The molecular weight excluding hydrogens is 278 g/mol. The largest absolute Gasteiger partial charge is 0.352 e. The summed E-state index contributed by atoms with van der Waals surface area (Å²) in [7, 11) is 0. The van der Waals surface area contributed by atoms with Crippen molar-refractivity contribution in [3.63, 3.8) is 0 Å². The van der Waals surface area contributed by atoms with Crippen LogP contribution in [0, 0.1) is 23.7 Å². The van der Waals surface area contributed by atoms with E-state index in [0.717, 1.165) is 17.8 Å². The molecule has 5 unspecified atom stereocenters. The van der Waals surface area contributed by atoms with E-state index >= 15 is 0 Å². The van der Waals surface area contributed by atoms with Crippen LogP contribution >= 0.6 is 15.9 Å². The number of nitrogens with one attached hydrogen (secondary N) is 1. The summed E-state index contributed by atoms with van der Waals surface area (Å²) >= 11 is 3.47. The number of halogens is 1. The minimum atomic E-state index is -0.0523. The van der Waals surface area contributed by atoms with E-state index in [9.17, 15) is 4.79 Å². The predicted octanol–water partition coefficient (Wildman–Crippen LogP) is 3.35. The zero-order valence-electron chi connectivity index (χ0n) is 11.1. The highest BCUT2D eigenvalue weighted by atomic mass is 79.9. The van der Waals surface area contributed by atoms with Gasteiger partial charge in [-0.2, -0.15) is 0 Å². The monoisotopic (exact) mass is 301 g/mol. The smallest absolute Gasteiger partial charge is 0.234 e. The second kappa shape index (κ2) is 5.29. The second-order valence-electron chi connectivity index (χ2n) is 6.28. The van der Waals surface area contributed by atoms with E-state index < -0.39 is 0 Å². The van der Waals surface area contributed by atoms with Crippen LogP contribution in [0.3, 0.4) is 0 Å². The van der Waals surface area contributed by atoms with Gasteiger partial charge in [0.05, 0.1) is 4.83 Å². The van der Waals surface area contributed by atoms with Gasteiger partial charge in [-0.15, -0.1) is 0 Å². The van der Waals surface area contributed by atoms with Gasteiger partial charge in [-0.1, -0.05) is 36.2 Å². The summed E-state index contributed by atoms with van der Waals surface area (Å²) in [5.74, 6) is 3.07. The maximum atomic E-state index is 12.0. The fourth-order valence-corrected chi connectivity index (χ4v) is 3.75. The van der Waals surface area contributed by atoms with Crippen molar-refractivity contribution in [2.45, 2.75) is 57.3 Å². The number of carbonyl (C=O) groups is 1. The molecule has 3 heteroatoms. The van der Waals surface area contributed by atoms with E-state index in [0.29, 0.717) is 12.0 Å². The summed E-state index contributed by atoms with van der Waals surface area (Å²) in [4.78, 5) is 11.9. The summed E-state index contributed by atoms with van der Waals surface area (Å²) < 4.78 is 0. The van der Waals surface area contributed by atoms with Gasteiger partial charge in [0, 0.05) is 6.04 Å². The molecule has 0 aromatic rings. The van der Waals surface area contributed by atoms with Gasteiger partial charge in [-0.25, -0.2) is 0 Å². The van der Waals surface area contributed by atoms with E-state index in [2.05, 4.69) is 42.0 Å². The van der Waals surface area contributed by atoms with Gasteiger partial charge in [-0.3, -0.25) is 4.79 Å². The van der Waals surface area contributed by atoms with Crippen LogP contribution < -0.4 is 5.32 Å². The fourth-order valence-electron chi connectivity index (χ4n) is 3.62. The van der Waals surface area contributed by atoms with Crippen LogP contribution in [-0.2, 0) is 4.79 Å². The fraction of sp³-hybridized carbons (Fsp3) is 0.929. The Morgan fingerprint density at radius 3 is 2.41 bits per heavy atom. The molecule has 0 aromatic heterocycles. The third-order valence-electron chi connectivity index (χ3n) is 4.64. The van der Waals surface area contributed by atoms with Crippen molar-refractivity contribution in [3.8, 4) is 0 Å². The van der Waals surface area contributed by atoms with Crippen molar-refractivity contribution in [1.82, 2.24) is 5.32 Å². The van der Waals surface area contributed by atoms with E-state index in [1.165, 1.54) is 25.7 Å². The third-order valence-corrected chi connectivity index (χ3v) is 6.11. The van der Waals surface area contributed by atoms with Gasteiger partial charge in [0.25, 0.3) is 0 Å². The molecule has 2 rings (SSSR count). The van der Waals surface area contributed by atoms with E-state index in [-0.39, 0.29) is 10.7 Å². The van der Waals surface area contributed by atoms with Crippen LogP contribution in [0.1, 0.15) is 46.5 Å². The van der Waals surface area contributed by atoms with Gasteiger partial charge < -0.3 is 5.32 Å². The number of fused-ring (bicyclic) bond motifs is 2. The Kier molecular flexibility index (Phi) is 4.17. The molecule has 0 radical (unpaired) electrons. The Morgan fingerprint density at radius 2 is 1.94 bits per heavy atom. The highest BCUT2D eigenvalue weighted by molar-refractivity contribution is 9.10. The average Bonchev–Trinajstić information content (AvgIpc) is 2.89. The zero-order chi connectivity index (χ0) is 12.6. The lowest BCUT2D eigenvalue weighted by molar-refractivity contribution is -0.122. The first-order valence-electron chi connectivity index (χ1n) is 6.93. The van der Waals surface area contributed by atoms with Gasteiger partial charge in [0.15, 0.2) is 0 Å².